The first-order valence-corrected chi connectivity index (χ1v) is 8.43. The highest BCUT2D eigenvalue weighted by Gasteiger charge is 2.33. The van der Waals surface area contributed by atoms with Gasteiger partial charge in [0, 0.05) is 0 Å². The number of amides is 1. The number of thiocarbonyl (C=S) groups is 1. The summed E-state index contributed by atoms with van der Waals surface area (Å²) in [7, 11) is 0. The first-order chi connectivity index (χ1) is 11.0. The molecule has 0 aromatic heterocycles. The van der Waals surface area contributed by atoms with Gasteiger partial charge in [0.2, 0.25) is 0 Å². The second-order valence-electron chi connectivity index (χ2n) is 4.64. The van der Waals surface area contributed by atoms with Gasteiger partial charge in [-0.3, -0.25) is 9.69 Å². The maximum atomic E-state index is 13.4. The molecule has 0 atom stereocenters. The summed E-state index contributed by atoms with van der Waals surface area (Å²) in [5.41, 5.74) is 1.02. The maximum Gasteiger partial charge on any atom is 0.270 e. The largest absolute Gasteiger partial charge is 0.270 e. The van der Waals surface area contributed by atoms with E-state index in [0.29, 0.717) is 30.5 Å². The Hall–Kier alpha value is -1.40. The van der Waals surface area contributed by atoms with E-state index in [1.807, 2.05) is 0 Å². The Bertz CT molecular complexity index is 854. The summed E-state index contributed by atoms with van der Waals surface area (Å²) in [6.45, 7) is 0. The van der Waals surface area contributed by atoms with Crippen molar-refractivity contribution in [3.05, 3.63) is 68.8 Å². The van der Waals surface area contributed by atoms with E-state index >= 15 is 0 Å². The smallest absolute Gasteiger partial charge is 0.268 e. The van der Waals surface area contributed by atoms with Crippen molar-refractivity contribution in [1.82, 2.24) is 0 Å². The molecule has 0 unspecified atom stereocenters. The second kappa shape index (κ2) is 6.61. The van der Waals surface area contributed by atoms with Crippen LogP contribution in [0.4, 0.5) is 10.1 Å². The molecule has 1 heterocycles. The van der Waals surface area contributed by atoms with Gasteiger partial charge in [0.1, 0.15) is 5.82 Å². The van der Waals surface area contributed by atoms with Crippen LogP contribution in [0.3, 0.4) is 0 Å². The predicted molar refractivity (Wildman–Crippen MR) is 98.5 cm³/mol. The number of hydrogen-bond donors (Lipinski definition) is 0. The van der Waals surface area contributed by atoms with E-state index in [1.54, 1.807) is 30.3 Å². The molecule has 2 aromatic carbocycles. The summed E-state index contributed by atoms with van der Waals surface area (Å²) in [6, 6.07) is 10.9. The minimum absolute atomic E-state index is 0.318. The van der Waals surface area contributed by atoms with Crippen molar-refractivity contribution in [3.8, 4) is 0 Å². The van der Waals surface area contributed by atoms with Crippen LogP contribution in [0, 0.1) is 5.82 Å². The van der Waals surface area contributed by atoms with Gasteiger partial charge in [-0.15, -0.1) is 0 Å². The highest BCUT2D eigenvalue weighted by atomic mass is 35.5. The summed E-state index contributed by atoms with van der Waals surface area (Å²) in [5, 5.41) is 0.770. The van der Waals surface area contributed by atoms with Crippen molar-refractivity contribution in [2.75, 3.05) is 4.90 Å². The molecule has 7 heteroatoms. The van der Waals surface area contributed by atoms with E-state index in [2.05, 4.69) is 0 Å². The van der Waals surface area contributed by atoms with Crippen molar-refractivity contribution in [3.63, 3.8) is 0 Å². The fourth-order valence-electron chi connectivity index (χ4n) is 2.08. The Labute approximate surface area is 151 Å². The topological polar surface area (TPSA) is 20.3 Å². The minimum Gasteiger partial charge on any atom is -0.268 e. The lowest BCUT2D eigenvalue weighted by Crippen LogP contribution is -2.27. The van der Waals surface area contributed by atoms with Gasteiger partial charge in [-0.1, -0.05) is 65.4 Å². The number of carbonyl (C=O) groups excluding carboxylic acids is 1. The van der Waals surface area contributed by atoms with E-state index in [4.69, 9.17) is 35.4 Å². The molecule has 0 spiro atoms. The van der Waals surface area contributed by atoms with Crippen LogP contribution >= 0.6 is 47.2 Å². The van der Waals surface area contributed by atoms with Crippen LogP contribution in [0.15, 0.2) is 47.4 Å². The van der Waals surface area contributed by atoms with Gasteiger partial charge in [-0.25, -0.2) is 4.39 Å². The second-order valence-corrected chi connectivity index (χ2v) is 7.10. The monoisotopic (exact) mass is 383 g/mol. The van der Waals surface area contributed by atoms with Gasteiger partial charge >= 0.3 is 0 Å². The standard InChI is InChI=1S/C16H8Cl2FNOS2/c17-12-6-1-3-9(14(12)18)7-13-15(21)20(16(22)23-13)11-5-2-4-10(19)8-11/h1-8H/b13-7-. The van der Waals surface area contributed by atoms with Gasteiger partial charge < -0.3 is 0 Å². The zero-order chi connectivity index (χ0) is 16.6. The highest BCUT2D eigenvalue weighted by Crippen LogP contribution is 2.37. The molecule has 1 aliphatic rings. The fraction of sp³-hybridized carbons (Fsp3) is 0. The number of halogens is 3. The third-order valence-corrected chi connectivity index (χ3v) is 5.26. The molecule has 1 aliphatic heterocycles. The average Bonchev–Trinajstić information content (AvgIpc) is 2.78. The van der Waals surface area contributed by atoms with Gasteiger partial charge in [0.25, 0.3) is 5.91 Å². The molecule has 0 bridgehead atoms. The lowest BCUT2D eigenvalue weighted by Gasteiger charge is -2.14. The van der Waals surface area contributed by atoms with Crippen molar-refractivity contribution >= 4 is 69.2 Å². The number of carbonyl (C=O) groups is 1. The Morgan fingerprint density at radius 3 is 2.65 bits per heavy atom. The fourth-order valence-corrected chi connectivity index (χ4v) is 3.73. The molecule has 3 rings (SSSR count). The Kier molecular flexibility index (Phi) is 4.73. The summed E-state index contributed by atoms with van der Waals surface area (Å²) >= 11 is 18.5. The molecule has 2 nitrogen and oxygen atoms in total. The van der Waals surface area contributed by atoms with E-state index in [0.717, 1.165) is 11.8 Å². The lowest BCUT2D eigenvalue weighted by molar-refractivity contribution is -0.113. The van der Waals surface area contributed by atoms with Crippen LogP contribution in [0.1, 0.15) is 5.56 Å². The summed E-state index contributed by atoms with van der Waals surface area (Å²) < 4.78 is 13.7. The number of anilines is 1. The lowest BCUT2D eigenvalue weighted by atomic mass is 10.2. The van der Waals surface area contributed by atoms with Crippen LogP contribution in [-0.4, -0.2) is 10.2 Å². The molecular weight excluding hydrogens is 376 g/mol. The number of nitrogens with zero attached hydrogens (tertiary/aromatic N) is 1. The van der Waals surface area contributed by atoms with Crippen LogP contribution < -0.4 is 4.90 Å². The molecule has 2 aromatic rings. The third-order valence-electron chi connectivity index (χ3n) is 3.13. The normalized spacial score (nSPS) is 16.5. The van der Waals surface area contributed by atoms with Gasteiger partial charge in [-0.05, 0) is 35.9 Å². The van der Waals surface area contributed by atoms with Crippen molar-refractivity contribution < 1.29 is 9.18 Å². The van der Waals surface area contributed by atoms with Crippen LogP contribution in [0.25, 0.3) is 6.08 Å². The van der Waals surface area contributed by atoms with E-state index in [9.17, 15) is 9.18 Å². The Morgan fingerprint density at radius 1 is 1.17 bits per heavy atom. The van der Waals surface area contributed by atoms with Crippen LogP contribution in [0.2, 0.25) is 10.0 Å². The molecule has 0 aliphatic carbocycles. The van der Waals surface area contributed by atoms with Crippen molar-refractivity contribution in [1.29, 1.82) is 0 Å². The van der Waals surface area contributed by atoms with E-state index < -0.39 is 5.82 Å². The first kappa shape index (κ1) is 16.5. The molecule has 116 valence electrons. The number of thioether (sulfide) groups is 1. The molecule has 0 N–H and O–H groups in total. The van der Waals surface area contributed by atoms with Gasteiger partial charge in [0.15, 0.2) is 4.32 Å². The third kappa shape index (κ3) is 3.28. The number of hydrogen-bond acceptors (Lipinski definition) is 3. The van der Waals surface area contributed by atoms with Crippen LogP contribution in [0.5, 0.6) is 0 Å². The molecule has 1 amide bonds. The molecular formula is C16H8Cl2FNOS2. The summed E-state index contributed by atoms with van der Waals surface area (Å²) in [6.07, 6.45) is 1.63. The number of rotatable bonds is 2. The SMILES string of the molecule is O=C1/C(=C/c2cccc(Cl)c2Cl)SC(=S)N1c1cccc(F)c1. The van der Waals surface area contributed by atoms with Gasteiger partial charge in [-0.2, -0.15) is 0 Å². The first-order valence-electron chi connectivity index (χ1n) is 6.45. The minimum atomic E-state index is -0.432. The average molecular weight is 384 g/mol. The predicted octanol–water partition coefficient (Wildman–Crippen LogP) is 5.54. The van der Waals surface area contributed by atoms with E-state index in [1.165, 1.54) is 23.1 Å². The molecule has 1 saturated heterocycles. The summed E-state index contributed by atoms with van der Waals surface area (Å²) in [5.74, 6) is -0.750. The Balaban J connectivity index is 1.98. The zero-order valence-electron chi connectivity index (χ0n) is 11.4. The quantitative estimate of drug-likeness (QED) is 0.501. The maximum absolute atomic E-state index is 13.4. The molecule has 0 saturated carbocycles. The van der Waals surface area contributed by atoms with Gasteiger partial charge in [0.05, 0.1) is 20.6 Å². The molecule has 0 radical (unpaired) electrons. The summed E-state index contributed by atoms with van der Waals surface area (Å²) in [4.78, 5) is 14.3. The molecule has 23 heavy (non-hydrogen) atoms. The Morgan fingerprint density at radius 2 is 1.91 bits per heavy atom. The van der Waals surface area contributed by atoms with Crippen LogP contribution in [-0.2, 0) is 4.79 Å². The van der Waals surface area contributed by atoms with E-state index in [-0.39, 0.29) is 5.91 Å². The molecule has 1 fully saturated rings. The van der Waals surface area contributed by atoms with Crippen molar-refractivity contribution in [2.45, 2.75) is 0 Å². The van der Waals surface area contributed by atoms with Crippen molar-refractivity contribution in [2.24, 2.45) is 0 Å². The number of benzene rings is 2. The highest BCUT2D eigenvalue weighted by molar-refractivity contribution is 8.27. The zero-order valence-corrected chi connectivity index (χ0v) is 14.6.